The largest absolute Gasteiger partial charge is 0.491 e. The first-order valence-electron chi connectivity index (χ1n) is 6.79. The van der Waals surface area contributed by atoms with E-state index < -0.39 is 0 Å². The molecule has 1 aromatic rings. The number of aryl methyl sites for hydroxylation is 1. The molecular formula is C15H25NO2. The lowest BCUT2D eigenvalue weighted by Gasteiger charge is -2.14. The summed E-state index contributed by atoms with van der Waals surface area (Å²) in [5, 5.41) is 3.33. The zero-order valence-corrected chi connectivity index (χ0v) is 11.8. The molecule has 1 rings (SSSR count). The van der Waals surface area contributed by atoms with Crippen molar-refractivity contribution in [3.8, 4) is 5.75 Å². The van der Waals surface area contributed by atoms with Crippen LogP contribution in [0.5, 0.6) is 5.75 Å². The summed E-state index contributed by atoms with van der Waals surface area (Å²) >= 11 is 0. The molecule has 0 bridgehead atoms. The van der Waals surface area contributed by atoms with Crippen LogP contribution in [0.15, 0.2) is 18.2 Å². The summed E-state index contributed by atoms with van der Waals surface area (Å²) in [4.78, 5) is 0. The molecule has 102 valence electrons. The highest BCUT2D eigenvalue weighted by molar-refractivity contribution is 5.40. The van der Waals surface area contributed by atoms with Gasteiger partial charge in [-0.15, -0.1) is 0 Å². The SMILES string of the molecule is CCCOCCOc1c(C)cccc1CNCC. The molecule has 0 spiro atoms. The Hall–Kier alpha value is -1.06. The standard InChI is InChI=1S/C15H25NO2/c1-4-9-17-10-11-18-15-13(3)7-6-8-14(15)12-16-5-2/h6-8,16H,4-5,9-12H2,1-3H3. The van der Waals surface area contributed by atoms with Gasteiger partial charge in [-0.2, -0.15) is 0 Å². The lowest BCUT2D eigenvalue weighted by atomic mass is 10.1. The second-order valence-corrected chi connectivity index (χ2v) is 4.30. The normalized spacial score (nSPS) is 10.6. The van der Waals surface area contributed by atoms with Gasteiger partial charge in [-0.25, -0.2) is 0 Å². The van der Waals surface area contributed by atoms with Crippen LogP contribution >= 0.6 is 0 Å². The van der Waals surface area contributed by atoms with Crippen LogP contribution in [0.25, 0.3) is 0 Å². The first-order valence-corrected chi connectivity index (χ1v) is 6.79. The predicted molar refractivity (Wildman–Crippen MR) is 75.2 cm³/mol. The first kappa shape index (κ1) is 15.0. The molecule has 0 aliphatic heterocycles. The Morgan fingerprint density at radius 2 is 1.94 bits per heavy atom. The fraction of sp³-hybridized carbons (Fsp3) is 0.600. The van der Waals surface area contributed by atoms with Gasteiger partial charge in [0.15, 0.2) is 0 Å². The molecule has 0 saturated heterocycles. The third-order valence-electron chi connectivity index (χ3n) is 2.68. The average molecular weight is 251 g/mol. The van der Waals surface area contributed by atoms with Crippen LogP contribution in [0.3, 0.4) is 0 Å². The summed E-state index contributed by atoms with van der Waals surface area (Å²) in [7, 11) is 0. The van der Waals surface area contributed by atoms with Crippen molar-refractivity contribution in [3.63, 3.8) is 0 Å². The van der Waals surface area contributed by atoms with Gasteiger partial charge in [0, 0.05) is 18.7 Å². The molecule has 0 radical (unpaired) electrons. The first-order chi connectivity index (χ1) is 8.79. The Bertz CT molecular complexity index is 339. The number of hydrogen-bond acceptors (Lipinski definition) is 3. The lowest BCUT2D eigenvalue weighted by molar-refractivity contribution is 0.1000. The molecule has 0 aliphatic rings. The van der Waals surface area contributed by atoms with Gasteiger partial charge in [-0.3, -0.25) is 0 Å². The van der Waals surface area contributed by atoms with Gasteiger partial charge in [0.2, 0.25) is 0 Å². The molecule has 0 amide bonds. The minimum absolute atomic E-state index is 0.615. The van der Waals surface area contributed by atoms with Gasteiger partial charge in [0.1, 0.15) is 12.4 Å². The van der Waals surface area contributed by atoms with Crippen molar-refractivity contribution in [2.45, 2.75) is 33.7 Å². The van der Waals surface area contributed by atoms with Crippen molar-refractivity contribution in [1.29, 1.82) is 0 Å². The number of rotatable bonds is 9. The van der Waals surface area contributed by atoms with Gasteiger partial charge < -0.3 is 14.8 Å². The van der Waals surface area contributed by atoms with Gasteiger partial charge in [-0.1, -0.05) is 32.0 Å². The Kier molecular flexibility index (Phi) is 7.46. The van der Waals surface area contributed by atoms with Crippen molar-refractivity contribution in [2.24, 2.45) is 0 Å². The molecule has 3 nitrogen and oxygen atoms in total. The minimum Gasteiger partial charge on any atom is -0.491 e. The highest BCUT2D eigenvalue weighted by atomic mass is 16.5. The van der Waals surface area contributed by atoms with E-state index in [9.17, 15) is 0 Å². The van der Waals surface area contributed by atoms with Crippen molar-refractivity contribution in [3.05, 3.63) is 29.3 Å². The summed E-state index contributed by atoms with van der Waals surface area (Å²) < 4.78 is 11.3. The van der Waals surface area contributed by atoms with Crippen LogP contribution in [-0.2, 0) is 11.3 Å². The maximum Gasteiger partial charge on any atom is 0.126 e. The Balaban J connectivity index is 2.50. The molecule has 1 aromatic carbocycles. The zero-order valence-electron chi connectivity index (χ0n) is 11.8. The third-order valence-corrected chi connectivity index (χ3v) is 2.68. The van der Waals surface area contributed by atoms with E-state index >= 15 is 0 Å². The van der Waals surface area contributed by atoms with Crippen molar-refractivity contribution in [1.82, 2.24) is 5.32 Å². The fourth-order valence-electron chi connectivity index (χ4n) is 1.77. The maximum absolute atomic E-state index is 5.85. The van der Waals surface area contributed by atoms with Crippen molar-refractivity contribution >= 4 is 0 Å². The highest BCUT2D eigenvalue weighted by Crippen LogP contribution is 2.23. The van der Waals surface area contributed by atoms with E-state index in [-0.39, 0.29) is 0 Å². The summed E-state index contributed by atoms with van der Waals surface area (Å²) in [6.45, 7) is 10.2. The van der Waals surface area contributed by atoms with E-state index in [0.29, 0.717) is 13.2 Å². The smallest absolute Gasteiger partial charge is 0.126 e. The van der Waals surface area contributed by atoms with Gasteiger partial charge in [-0.05, 0) is 25.5 Å². The second-order valence-electron chi connectivity index (χ2n) is 4.30. The Morgan fingerprint density at radius 1 is 1.11 bits per heavy atom. The summed E-state index contributed by atoms with van der Waals surface area (Å²) in [6, 6.07) is 6.26. The Morgan fingerprint density at radius 3 is 2.67 bits per heavy atom. The molecule has 0 aliphatic carbocycles. The van der Waals surface area contributed by atoms with Crippen LogP contribution in [0.1, 0.15) is 31.4 Å². The average Bonchev–Trinajstić information content (AvgIpc) is 2.38. The molecule has 0 heterocycles. The number of hydrogen-bond donors (Lipinski definition) is 1. The van der Waals surface area contributed by atoms with Crippen molar-refractivity contribution in [2.75, 3.05) is 26.4 Å². The molecule has 3 heteroatoms. The number of ether oxygens (including phenoxy) is 2. The lowest BCUT2D eigenvalue weighted by Crippen LogP contribution is -2.14. The third kappa shape index (κ3) is 5.07. The molecule has 0 aromatic heterocycles. The molecular weight excluding hydrogens is 226 g/mol. The Labute approximate surface area is 110 Å². The van der Waals surface area contributed by atoms with Crippen LogP contribution in [0.2, 0.25) is 0 Å². The van der Waals surface area contributed by atoms with Crippen LogP contribution in [0, 0.1) is 6.92 Å². The van der Waals surface area contributed by atoms with E-state index in [4.69, 9.17) is 9.47 Å². The summed E-state index contributed by atoms with van der Waals surface area (Å²) in [5.74, 6) is 0.999. The molecule has 18 heavy (non-hydrogen) atoms. The van der Waals surface area contributed by atoms with Gasteiger partial charge in [0.25, 0.3) is 0 Å². The molecule has 0 unspecified atom stereocenters. The molecule has 0 saturated carbocycles. The van der Waals surface area contributed by atoms with Crippen LogP contribution in [0.4, 0.5) is 0 Å². The van der Waals surface area contributed by atoms with E-state index in [1.807, 2.05) is 0 Å². The second kappa shape index (κ2) is 8.95. The van der Waals surface area contributed by atoms with Crippen molar-refractivity contribution < 1.29 is 9.47 Å². The molecule has 0 fully saturated rings. The number of benzene rings is 1. The monoisotopic (exact) mass is 251 g/mol. The summed E-state index contributed by atoms with van der Waals surface area (Å²) in [6.07, 6.45) is 1.05. The van der Waals surface area contributed by atoms with Crippen LogP contribution < -0.4 is 10.1 Å². The van der Waals surface area contributed by atoms with E-state index in [1.54, 1.807) is 0 Å². The zero-order chi connectivity index (χ0) is 13.2. The van der Waals surface area contributed by atoms with Gasteiger partial charge in [0.05, 0.1) is 6.61 Å². The van der Waals surface area contributed by atoms with E-state index in [1.165, 1.54) is 11.1 Å². The van der Waals surface area contributed by atoms with Crippen LogP contribution in [-0.4, -0.2) is 26.4 Å². The quantitative estimate of drug-likeness (QED) is 0.685. The topological polar surface area (TPSA) is 30.5 Å². The highest BCUT2D eigenvalue weighted by Gasteiger charge is 2.06. The molecule has 0 atom stereocenters. The van der Waals surface area contributed by atoms with E-state index in [2.05, 4.69) is 44.3 Å². The fourth-order valence-corrected chi connectivity index (χ4v) is 1.77. The van der Waals surface area contributed by atoms with Gasteiger partial charge >= 0.3 is 0 Å². The minimum atomic E-state index is 0.615. The molecule has 1 N–H and O–H groups in total. The summed E-state index contributed by atoms with van der Waals surface area (Å²) in [5.41, 5.74) is 2.40. The predicted octanol–water partition coefficient (Wildman–Crippen LogP) is 2.91. The number of para-hydroxylation sites is 1. The maximum atomic E-state index is 5.85. The van der Waals surface area contributed by atoms with E-state index in [0.717, 1.165) is 31.9 Å². The number of nitrogens with one attached hydrogen (secondary N) is 1.